The average molecular weight is 386 g/mol. The van der Waals surface area contributed by atoms with E-state index in [1.807, 2.05) is 47.4 Å². The van der Waals surface area contributed by atoms with Crippen LogP contribution in [0.1, 0.15) is 27.2 Å². The molecule has 0 spiro atoms. The number of rotatable bonds is 2. The smallest absolute Gasteiger partial charge is 0.252 e. The normalized spacial score (nSPS) is 18.4. The van der Waals surface area contributed by atoms with E-state index in [0.717, 1.165) is 35.4 Å². The Morgan fingerprint density at radius 1 is 1.00 bits per heavy atom. The summed E-state index contributed by atoms with van der Waals surface area (Å²) in [4.78, 5) is 27.4. The zero-order valence-corrected chi connectivity index (χ0v) is 16.0. The second-order valence-corrected chi connectivity index (χ2v) is 7.61. The van der Waals surface area contributed by atoms with Crippen molar-refractivity contribution >= 4 is 11.8 Å². The van der Waals surface area contributed by atoms with Crippen LogP contribution >= 0.6 is 0 Å². The van der Waals surface area contributed by atoms with E-state index in [1.165, 1.54) is 5.56 Å². The number of fused-ring (bicyclic) bond motifs is 2. The van der Waals surface area contributed by atoms with Crippen LogP contribution in [0.4, 0.5) is 0 Å². The fourth-order valence-electron chi connectivity index (χ4n) is 4.33. The van der Waals surface area contributed by atoms with Crippen molar-refractivity contribution in [2.24, 2.45) is 0 Å². The molecule has 1 unspecified atom stereocenters. The molecule has 2 amide bonds. The first-order valence-electron chi connectivity index (χ1n) is 10.00. The van der Waals surface area contributed by atoms with Crippen LogP contribution in [0.5, 0.6) is 0 Å². The molecule has 0 saturated heterocycles. The molecule has 0 aliphatic carbocycles. The first kappa shape index (κ1) is 17.7. The van der Waals surface area contributed by atoms with Crippen LogP contribution in [0, 0.1) is 0 Å². The standard InChI is InChI=1S/C23H22N4O2/c28-22-17-9-5-4-8-16(17)14-20(24-22)23(29)27-12-10-18-19(11-13-27)25-26-21(18)15-6-2-1-3-7-15/h1-9,20H,10-14H2,(H,24,28)(H,25,26). The third-order valence-corrected chi connectivity index (χ3v) is 5.86. The minimum absolute atomic E-state index is 0.00720. The summed E-state index contributed by atoms with van der Waals surface area (Å²) in [5.74, 6) is -0.173. The lowest BCUT2D eigenvalue weighted by molar-refractivity contribution is -0.133. The van der Waals surface area contributed by atoms with Gasteiger partial charge in [-0.2, -0.15) is 5.10 Å². The van der Waals surface area contributed by atoms with Gasteiger partial charge in [0.2, 0.25) is 5.91 Å². The third kappa shape index (κ3) is 3.20. The highest BCUT2D eigenvalue weighted by Crippen LogP contribution is 2.27. The molecular weight excluding hydrogens is 364 g/mol. The number of H-pyrrole nitrogens is 1. The van der Waals surface area contributed by atoms with Gasteiger partial charge in [0.15, 0.2) is 0 Å². The highest BCUT2D eigenvalue weighted by Gasteiger charge is 2.32. The minimum Gasteiger partial charge on any atom is -0.340 e. The molecule has 5 rings (SSSR count). The summed E-state index contributed by atoms with van der Waals surface area (Å²) in [6, 6.07) is 17.1. The van der Waals surface area contributed by atoms with E-state index >= 15 is 0 Å². The Bertz CT molecular complexity index is 1070. The van der Waals surface area contributed by atoms with Crippen molar-refractivity contribution in [2.45, 2.75) is 25.3 Å². The van der Waals surface area contributed by atoms with Crippen molar-refractivity contribution in [1.29, 1.82) is 0 Å². The van der Waals surface area contributed by atoms with E-state index in [2.05, 4.69) is 27.6 Å². The molecule has 146 valence electrons. The van der Waals surface area contributed by atoms with E-state index in [1.54, 1.807) is 0 Å². The average Bonchev–Trinajstić information content (AvgIpc) is 3.05. The fraction of sp³-hybridized carbons (Fsp3) is 0.261. The van der Waals surface area contributed by atoms with Crippen molar-refractivity contribution in [2.75, 3.05) is 13.1 Å². The van der Waals surface area contributed by atoms with Gasteiger partial charge in [0, 0.05) is 48.3 Å². The maximum atomic E-state index is 13.2. The molecular formula is C23H22N4O2. The molecule has 2 N–H and O–H groups in total. The Morgan fingerprint density at radius 3 is 2.62 bits per heavy atom. The summed E-state index contributed by atoms with van der Waals surface area (Å²) < 4.78 is 0. The molecule has 6 nitrogen and oxygen atoms in total. The van der Waals surface area contributed by atoms with Crippen LogP contribution in [0.2, 0.25) is 0 Å². The lowest BCUT2D eigenvalue weighted by atomic mass is 9.94. The van der Waals surface area contributed by atoms with E-state index in [-0.39, 0.29) is 11.8 Å². The van der Waals surface area contributed by atoms with Crippen molar-refractivity contribution in [3.05, 3.63) is 77.0 Å². The number of aromatic amines is 1. The van der Waals surface area contributed by atoms with Crippen LogP contribution in [-0.4, -0.2) is 46.0 Å². The van der Waals surface area contributed by atoms with Gasteiger partial charge in [-0.3, -0.25) is 14.7 Å². The summed E-state index contributed by atoms with van der Waals surface area (Å²) >= 11 is 0. The van der Waals surface area contributed by atoms with Crippen molar-refractivity contribution in [3.8, 4) is 11.3 Å². The predicted molar refractivity (Wildman–Crippen MR) is 109 cm³/mol. The molecule has 0 fully saturated rings. The Hall–Kier alpha value is -3.41. The zero-order chi connectivity index (χ0) is 19.8. The first-order valence-corrected chi connectivity index (χ1v) is 10.00. The number of hydrogen-bond donors (Lipinski definition) is 2. The van der Waals surface area contributed by atoms with Crippen molar-refractivity contribution in [1.82, 2.24) is 20.4 Å². The second-order valence-electron chi connectivity index (χ2n) is 7.61. The Balaban J connectivity index is 1.33. The van der Waals surface area contributed by atoms with Gasteiger partial charge in [0.25, 0.3) is 5.91 Å². The van der Waals surface area contributed by atoms with E-state index in [4.69, 9.17) is 0 Å². The summed E-state index contributed by atoms with van der Waals surface area (Å²) in [5, 5.41) is 10.6. The highest BCUT2D eigenvalue weighted by atomic mass is 16.2. The molecule has 1 aromatic heterocycles. The zero-order valence-electron chi connectivity index (χ0n) is 16.0. The Kier molecular flexibility index (Phi) is 4.39. The maximum absolute atomic E-state index is 13.2. The van der Waals surface area contributed by atoms with E-state index < -0.39 is 6.04 Å². The number of carbonyl (C=O) groups is 2. The number of amides is 2. The molecule has 29 heavy (non-hydrogen) atoms. The lowest BCUT2D eigenvalue weighted by Gasteiger charge is -2.30. The monoisotopic (exact) mass is 386 g/mol. The minimum atomic E-state index is -0.499. The Morgan fingerprint density at radius 2 is 1.76 bits per heavy atom. The molecule has 3 aromatic rings. The summed E-state index contributed by atoms with van der Waals surface area (Å²) in [6.07, 6.45) is 2.02. The molecule has 0 saturated carbocycles. The highest BCUT2D eigenvalue weighted by molar-refractivity contribution is 6.00. The summed E-state index contributed by atoms with van der Waals surface area (Å²) in [7, 11) is 0. The van der Waals surface area contributed by atoms with E-state index in [0.29, 0.717) is 25.1 Å². The van der Waals surface area contributed by atoms with Gasteiger partial charge in [-0.15, -0.1) is 0 Å². The van der Waals surface area contributed by atoms with Gasteiger partial charge < -0.3 is 10.2 Å². The van der Waals surface area contributed by atoms with Crippen LogP contribution in [-0.2, 0) is 24.1 Å². The largest absolute Gasteiger partial charge is 0.340 e. The van der Waals surface area contributed by atoms with Crippen LogP contribution in [0.25, 0.3) is 11.3 Å². The molecule has 0 bridgehead atoms. The van der Waals surface area contributed by atoms with Crippen LogP contribution in [0.3, 0.4) is 0 Å². The number of benzene rings is 2. The molecule has 1 atom stereocenters. The van der Waals surface area contributed by atoms with Gasteiger partial charge in [0.1, 0.15) is 6.04 Å². The summed E-state index contributed by atoms with van der Waals surface area (Å²) in [6.45, 7) is 1.25. The quantitative estimate of drug-likeness (QED) is 0.710. The predicted octanol–water partition coefficient (Wildman–Crippen LogP) is 2.36. The molecule has 6 heteroatoms. The molecule has 2 aromatic carbocycles. The number of carbonyl (C=O) groups excluding carboxylic acids is 2. The molecule has 0 radical (unpaired) electrons. The third-order valence-electron chi connectivity index (χ3n) is 5.86. The van der Waals surface area contributed by atoms with Gasteiger partial charge >= 0.3 is 0 Å². The van der Waals surface area contributed by atoms with Gasteiger partial charge in [0.05, 0.1) is 5.69 Å². The second kappa shape index (κ2) is 7.20. The molecule has 3 heterocycles. The van der Waals surface area contributed by atoms with Gasteiger partial charge in [-0.25, -0.2) is 0 Å². The number of aromatic nitrogens is 2. The number of nitrogens with zero attached hydrogens (tertiary/aromatic N) is 2. The van der Waals surface area contributed by atoms with Crippen molar-refractivity contribution < 1.29 is 9.59 Å². The topological polar surface area (TPSA) is 78.1 Å². The maximum Gasteiger partial charge on any atom is 0.252 e. The van der Waals surface area contributed by atoms with Gasteiger partial charge in [-0.05, 0) is 18.1 Å². The number of hydrogen-bond acceptors (Lipinski definition) is 3. The van der Waals surface area contributed by atoms with Crippen LogP contribution in [0.15, 0.2) is 54.6 Å². The first-order chi connectivity index (χ1) is 14.2. The summed E-state index contributed by atoms with van der Waals surface area (Å²) in [5.41, 5.74) is 5.93. The Labute approximate surface area is 168 Å². The van der Waals surface area contributed by atoms with Gasteiger partial charge in [-0.1, -0.05) is 48.5 Å². The SMILES string of the molecule is O=C1NC(C(=O)N2CCc3[nH]nc(-c4ccccc4)c3CC2)Cc2ccccc21. The van der Waals surface area contributed by atoms with Crippen molar-refractivity contribution in [3.63, 3.8) is 0 Å². The van der Waals surface area contributed by atoms with Crippen LogP contribution < -0.4 is 5.32 Å². The fourth-order valence-corrected chi connectivity index (χ4v) is 4.33. The number of nitrogens with one attached hydrogen (secondary N) is 2. The molecule has 2 aliphatic rings. The lowest BCUT2D eigenvalue weighted by Crippen LogP contribution is -2.52. The van der Waals surface area contributed by atoms with E-state index in [9.17, 15) is 9.59 Å². The molecule has 2 aliphatic heterocycles.